The molecule has 2 aromatic carbocycles. The molecule has 0 aliphatic heterocycles. The highest BCUT2D eigenvalue weighted by atomic mass is 35.5. The van der Waals surface area contributed by atoms with Crippen LogP contribution in [0.2, 0.25) is 20.1 Å². The zero-order chi connectivity index (χ0) is 29.4. The minimum atomic E-state index is -1.07. The number of primary amides is 1. The van der Waals surface area contributed by atoms with Crippen LogP contribution in [0.25, 0.3) is 0 Å². The number of nitrogens with one attached hydrogen (secondary N) is 4. The van der Waals surface area contributed by atoms with Gasteiger partial charge in [0, 0.05) is 0 Å². The number of hydrazine groups is 1. The van der Waals surface area contributed by atoms with E-state index < -0.39 is 69.3 Å². The third-order valence-electron chi connectivity index (χ3n) is 5.35. The van der Waals surface area contributed by atoms with Crippen LogP contribution in [0.5, 0.6) is 0 Å². The number of hydrogen-bond donors (Lipinski definition) is 6. The van der Waals surface area contributed by atoms with Crippen LogP contribution in [0, 0.1) is 5.92 Å². The number of benzene rings is 2. The summed E-state index contributed by atoms with van der Waals surface area (Å²) in [7, 11) is 0. The topological polar surface area (TPSA) is 186 Å². The van der Waals surface area contributed by atoms with Crippen LogP contribution in [-0.2, 0) is 20.8 Å². The smallest absolute Gasteiger partial charge is 0.272 e. The standard InChI is InChI=1S/C24H26Cl4N6O5/c1-10(2)20(21(30)36)32-13(35)9-31-23(38)14-15(17(26)19(28)18(27)16(14)25)24(39)34-33-22(37)12(29)8-11-6-4-3-5-7-11/h3-7,10,12,20H,8-9,29H2,1-2H3,(H2,30,36)(H,31,38)(H,32,35)(H,33,37)(H,34,39)/t12-,20-/m0/s1. The predicted molar refractivity (Wildman–Crippen MR) is 149 cm³/mol. The summed E-state index contributed by atoms with van der Waals surface area (Å²) >= 11 is 24.6. The van der Waals surface area contributed by atoms with Gasteiger partial charge in [0.2, 0.25) is 11.8 Å². The highest BCUT2D eigenvalue weighted by Crippen LogP contribution is 2.41. The molecule has 0 saturated heterocycles. The van der Waals surface area contributed by atoms with Crippen molar-refractivity contribution in [2.75, 3.05) is 6.54 Å². The Morgan fingerprint density at radius 3 is 1.87 bits per heavy atom. The Morgan fingerprint density at radius 2 is 1.36 bits per heavy atom. The highest BCUT2D eigenvalue weighted by molar-refractivity contribution is 6.54. The number of halogens is 4. The van der Waals surface area contributed by atoms with Gasteiger partial charge in [-0.3, -0.25) is 34.8 Å². The fourth-order valence-corrected chi connectivity index (χ4v) is 4.36. The van der Waals surface area contributed by atoms with Crippen molar-refractivity contribution in [1.29, 1.82) is 0 Å². The van der Waals surface area contributed by atoms with Crippen molar-refractivity contribution in [2.24, 2.45) is 17.4 Å². The lowest BCUT2D eigenvalue weighted by Gasteiger charge is -2.20. The molecule has 8 N–H and O–H groups in total. The van der Waals surface area contributed by atoms with Crippen molar-refractivity contribution < 1.29 is 24.0 Å². The largest absolute Gasteiger partial charge is 0.368 e. The van der Waals surface area contributed by atoms with Crippen molar-refractivity contribution in [3.05, 3.63) is 67.1 Å². The molecule has 39 heavy (non-hydrogen) atoms. The van der Waals surface area contributed by atoms with E-state index in [-0.39, 0.29) is 22.4 Å². The number of carbonyl (C=O) groups is 5. The summed E-state index contributed by atoms with van der Waals surface area (Å²) in [5.41, 5.74) is 15.2. The molecule has 210 valence electrons. The van der Waals surface area contributed by atoms with Crippen molar-refractivity contribution in [1.82, 2.24) is 21.5 Å². The predicted octanol–water partition coefficient (Wildman–Crippen LogP) is 1.99. The monoisotopic (exact) mass is 618 g/mol. The van der Waals surface area contributed by atoms with Gasteiger partial charge in [-0.2, -0.15) is 0 Å². The van der Waals surface area contributed by atoms with Gasteiger partial charge in [0.15, 0.2) is 0 Å². The van der Waals surface area contributed by atoms with E-state index in [0.717, 1.165) is 5.56 Å². The molecule has 0 aromatic heterocycles. The summed E-state index contributed by atoms with van der Waals surface area (Å²) in [6, 6.07) is 6.96. The van der Waals surface area contributed by atoms with Crippen LogP contribution in [-0.4, -0.2) is 48.2 Å². The van der Waals surface area contributed by atoms with Crippen molar-refractivity contribution in [2.45, 2.75) is 32.4 Å². The summed E-state index contributed by atoms with van der Waals surface area (Å²) < 4.78 is 0. The van der Waals surface area contributed by atoms with E-state index in [0.29, 0.717) is 0 Å². The van der Waals surface area contributed by atoms with Gasteiger partial charge in [0.05, 0.1) is 43.8 Å². The average molecular weight is 620 g/mol. The Bertz CT molecular complexity index is 1280. The molecule has 2 rings (SSSR count). The number of hydrogen-bond acceptors (Lipinski definition) is 6. The highest BCUT2D eigenvalue weighted by Gasteiger charge is 2.30. The van der Waals surface area contributed by atoms with Crippen LogP contribution >= 0.6 is 46.4 Å². The van der Waals surface area contributed by atoms with Gasteiger partial charge in [0.25, 0.3) is 17.7 Å². The number of rotatable bonds is 10. The molecule has 15 heteroatoms. The van der Waals surface area contributed by atoms with E-state index >= 15 is 0 Å². The lowest BCUT2D eigenvalue weighted by atomic mass is 10.0. The van der Waals surface area contributed by atoms with E-state index in [4.69, 9.17) is 57.9 Å². The summed E-state index contributed by atoms with van der Waals surface area (Å²) in [6.07, 6.45) is 0.186. The Morgan fingerprint density at radius 1 is 0.821 bits per heavy atom. The van der Waals surface area contributed by atoms with Gasteiger partial charge in [-0.05, 0) is 17.9 Å². The van der Waals surface area contributed by atoms with Crippen molar-refractivity contribution in [3.8, 4) is 0 Å². The quantitative estimate of drug-likeness (QED) is 0.134. The first kappa shape index (κ1) is 32.1. The molecule has 0 aliphatic carbocycles. The molecule has 0 spiro atoms. The SMILES string of the molecule is CC(C)[C@H](NC(=O)CNC(=O)c1c(Cl)c(Cl)c(Cl)c(Cl)c1C(=O)NNC(=O)[C@@H](N)Cc1ccccc1)C(N)=O. The Balaban J connectivity index is 2.20. The van der Waals surface area contributed by atoms with Crippen LogP contribution in [0.1, 0.15) is 40.1 Å². The van der Waals surface area contributed by atoms with E-state index in [2.05, 4.69) is 21.5 Å². The minimum Gasteiger partial charge on any atom is -0.368 e. The van der Waals surface area contributed by atoms with Gasteiger partial charge in [-0.15, -0.1) is 0 Å². The van der Waals surface area contributed by atoms with Gasteiger partial charge >= 0.3 is 0 Å². The Kier molecular flexibility index (Phi) is 11.8. The second-order valence-electron chi connectivity index (χ2n) is 8.62. The van der Waals surface area contributed by atoms with Crippen molar-refractivity contribution >= 4 is 75.9 Å². The molecule has 0 saturated carbocycles. The van der Waals surface area contributed by atoms with Crippen molar-refractivity contribution in [3.63, 3.8) is 0 Å². The van der Waals surface area contributed by atoms with E-state index in [1.807, 2.05) is 6.07 Å². The number of amides is 5. The van der Waals surface area contributed by atoms with Gasteiger partial charge in [-0.25, -0.2) is 0 Å². The number of carbonyl (C=O) groups excluding carboxylic acids is 5. The zero-order valence-electron chi connectivity index (χ0n) is 20.7. The van der Waals surface area contributed by atoms with E-state index in [9.17, 15) is 24.0 Å². The summed E-state index contributed by atoms with van der Waals surface area (Å²) in [4.78, 5) is 62.2. The second kappa shape index (κ2) is 14.3. The van der Waals surface area contributed by atoms with Gasteiger partial charge in [-0.1, -0.05) is 90.6 Å². The first-order chi connectivity index (χ1) is 18.3. The third-order valence-corrected chi connectivity index (χ3v) is 7.16. The molecular formula is C24H26Cl4N6O5. The lowest BCUT2D eigenvalue weighted by Crippen LogP contribution is -2.51. The molecule has 11 nitrogen and oxygen atoms in total. The molecule has 0 radical (unpaired) electrons. The molecule has 0 unspecified atom stereocenters. The fourth-order valence-electron chi connectivity index (χ4n) is 3.33. The Labute approximate surface area is 244 Å². The first-order valence-corrected chi connectivity index (χ1v) is 12.9. The maximum atomic E-state index is 13.0. The maximum Gasteiger partial charge on any atom is 0.272 e. The molecule has 2 aromatic rings. The van der Waals surface area contributed by atoms with Gasteiger partial charge in [0.1, 0.15) is 6.04 Å². The van der Waals surface area contributed by atoms with E-state index in [1.165, 1.54) is 0 Å². The summed E-state index contributed by atoms with van der Waals surface area (Å²) in [5, 5.41) is 3.15. The zero-order valence-corrected chi connectivity index (χ0v) is 23.8. The van der Waals surface area contributed by atoms with Crippen LogP contribution in [0.4, 0.5) is 0 Å². The summed E-state index contributed by atoms with van der Waals surface area (Å²) in [5.74, 6) is -4.62. The lowest BCUT2D eigenvalue weighted by molar-refractivity contribution is -0.127. The van der Waals surface area contributed by atoms with Crippen LogP contribution < -0.4 is 33.0 Å². The molecule has 0 fully saturated rings. The number of nitrogens with two attached hydrogens (primary N) is 2. The van der Waals surface area contributed by atoms with Crippen LogP contribution in [0.3, 0.4) is 0 Å². The second-order valence-corrected chi connectivity index (χ2v) is 10.1. The minimum absolute atomic E-state index is 0.186. The molecule has 0 heterocycles. The molecule has 5 amide bonds. The van der Waals surface area contributed by atoms with E-state index in [1.54, 1.807) is 38.1 Å². The molecular weight excluding hydrogens is 594 g/mol. The Hall–Kier alpha value is -3.09. The van der Waals surface area contributed by atoms with Crippen LogP contribution in [0.15, 0.2) is 30.3 Å². The average Bonchev–Trinajstić information content (AvgIpc) is 2.89. The third kappa shape index (κ3) is 8.45. The maximum absolute atomic E-state index is 13.0. The first-order valence-electron chi connectivity index (χ1n) is 11.4. The fraction of sp³-hybridized carbons (Fsp3) is 0.292. The van der Waals surface area contributed by atoms with Gasteiger partial charge < -0.3 is 22.1 Å². The normalized spacial score (nSPS) is 12.3. The molecule has 2 atom stereocenters. The summed E-state index contributed by atoms with van der Waals surface area (Å²) in [6.45, 7) is 2.73. The molecule has 0 bridgehead atoms. The molecule has 0 aliphatic rings.